The van der Waals surface area contributed by atoms with Crippen LogP contribution in [0.4, 0.5) is 0 Å². The molecular formula is C25H22N4S. The van der Waals surface area contributed by atoms with Gasteiger partial charge in [-0.15, -0.1) is 10.2 Å². The average Bonchev–Trinajstić information content (AvgIpc) is 3.20. The number of aromatic nitrogens is 3. The predicted octanol–water partition coefficient (Wildman–Crippen LogP) is 5.78. The number of hydrogen-bond acceptors (Lipinski definition) is 4. The lowest BCUT2D eigenvalue weighted by Crippen LogP contribution is -2.07. The summed E-state index contributed by atoms with van der Waals surface area (Å²) in [5.41, 5.74) is 5.57. The molecule has 30 heavy (non-hydrogen) atoms. The quantitative estimate of drug-likeness (QED) is 0.378. The zero-order valence-electron chi connectivity index (χ0n) is 17.0. The highest BCUT2D eigenvalue weighted by Gasteiger charge is 2.20. The second-order valence-electron chi connectivity index (χ2n) is 7.20. The first kappa shape index (κ1) is 19.9. The Kier molecular flexibility index (Phi) is 5.97. The number of aryl methyl sites for hydroxylation is 2. The molecule has 0 N–H and O–H groups in total. The minimum absolute atomic E-state index is 0.259. The van der Waals surface area contributed by atoms with Crippen molar-refractivity contribution in [2.24, 2.45) is 0 Å². The van der Waals surface area contributed by atoms with Crippen molar-refractivity contribution in [2.45, 2.75) is 30.7 Å². The molecule has 0 fully saturated rings. The Morgan fingerprint density at radius 1 is 0.900 bits per heavy atom. The van der Waals surface area contributed by atoms with Gasteiger partial charge in [0.15, 0.2) is 11.0 Å². The van der Waals surface area contributed by atoms with Crippen LogP contribution < -0.4 is 0 Å². The van der Waals surface area contributed by atoms with E-state index in [0.717, 1.165) is 27.8 Å². The van der Waals surface area contributed by atoms with Gasteiger partial charge in [-0.3, -0.25) is 4.57 Å². The first-order valence-electron chi connectivity index (χ1n) is 9.84. The van der Waals surface area contributed by atoms with Gasteiger partial charge in [0, 0.05) is 5.56 Å². The molecular weight excluding hydrogens is 388 g/mol. The molecule has 4 rings (SSSR count). The van der Waals surface area contributed by atoms with Crippen molar-refractivity contribution in [1.82, 2.24) is 14.8 Å². The lowest BCUT2D eigenvalue weighted by Gasteiger charge is -2.14. The maximum atomic E-state index is 9.79. The molecule has 0 bridgehead atoms. The molecule has 0 amide bonds. The molecule has 0 unspecified atom stereocenters. The number of rotatable bonds is 6. The smallest absolute Gasteiger partial charge is 0.197 e. The summed E-state index contributed by atoms with van der Waals surface area (Å²) in [5.74, 6) is 0.776. The number of hydrogen-bond donors (Lipinski definition) is 0. The fraction of sp³-hybridized carbons (Fsp3) is 0.160. The van der Waals surface area contributed by atoms with Crippen LogP contribution >= 0.6 is 11.8 Å². The van der Waals surface area contributed by atoms with Gasteiger partial charge in [0.05, 0.1) is 11.8 Å². The maximum absolute atomic E-state index is 9.79. The molecule has 3 aromatic carbocycles. The highest BCUT2D eigenvalue weighted by molar-refractivity contribution is 8.00. The van der Waals surface area contributed by atoms with E-state index in [4.69, 9.17) is 0 Å². The summed E-state index contributed by atoms with van der Waals surface area (Å²) in [7, 11) is 0. The van der Waals surface area contributed by atoms with E-state index in [0.29, 0.717) is 6.42 Å². The van der Waals surface area contributed by atoms with Crippen molar-refractivity contribution >= 4 is 11.8 Å². The fourth-order valence-electron chi connectivity index (χ4n) is 3.29. The van der Waals surface area contributed by atoms with Crippen LogP contribution in [0.25, 0.3) is 17.1 Å². The molecule has 4 nitrogen and oxygen atoms in total. The first-order chi connectivity index (χ1) is 14.7. The van der Waals surface area contributed by atoms with E-state index in [9.17, 15) is 5.26 Å². The first-order valence-corrected chi connectivity index (χ1v) is 10.7. The van der Waals surface area contributed by atoms with E-state index in [1.54, 1.807) is 0 Å². The molecule has 0 aliphatic carbocycles. The Labute approximate surface area is 181 Å². The van der Waals surface area contributed by atoms with Crippen LogP contribution in [0.5, 0.6) is 0 Å². The second kappa shape index (κ2) is 8.98. The number of benzene rings is 3. The minimum atomic E-state index is -0.259. The Hall–Kier alpha value is -3.36. The molecule has 0 radical (unpaired) electrons. The van der Waals surface area contributed by atoms with Crippen LogP contribution in [0.15, 0.2) is 84.0 Å². The van der Waals surface area contributed by atoms with Crippen molar-refractivity contribution in [1.29, 1.82) is 5.26 Å². The summed E-state index contributed by atoms with van der Waals surface area (Å²) in [4.78, 5) is 0. The molecule has 1 aromatic heterocycles. The summed E-state index contributed by atoms with van der Waals surface area (Å²) >= 11 is 1.46. The molecule has 0 saturated carbocycles. The Balaban J connectivity index is 1.75. The highest BCUT2D eigenvalue weighted by atomic mass is 32.2. The summed E-state index contributed by atoms with van der Waals surface area (Å²) in [5, 5.41) is 19.2. The zero-order valence-corrected chi connectivity index (χ0v) is 17.8. The Morgan fingerprint density at radius 3 is 2.27 bits per heavy atom. The fourth-order valence-corrected chi connectivity index (χ4v) is 4.26. The van der Waals surface area contributed by atoms with Gasteiger partial charge >= 0.3 is 0 Å². The summed E-state index contributed by atoms with van der Waals surface area (Å²) in [6.45, 7) is 4.20. The van der Waals surface area contributed by atoms with E-state index in [1.807, 2.05) is 60.7 Å². The zero-order chi connectivity index (χ0) is 20.9. The largest absolute Gasteiger partial charge is 0.270 e. The third-order valence-electron chi connectivity index (χ3n) is 5.07. The topological polar surface area (TPSA) is 54.5 Å². The molecule has 1 heterocycles. The molecule has 5 heteroatoms. The standard InChI is InChI=1S/C25H22N4S/c1-18-13-14-22(15-19(18)2)29-24(21-11-7-4-8-12-21)27-28-25(29)30-23(17-26)16-20-9-5-3-6-10-20/h3-15,23H,16H2,1-2H3/t23-/m0/s1. The molecule has 0 saturated heterocycles. The second-order valence-corrected chi connectivity index (χ2v) is 8.37. The van der Waals surface area contributed by atoms with Crippen molar-refractivity contribution in [3.63, 3.8) is 0 Å². The summed E-state index contributed by atoms with van der Waals surface area (Å²) in [6, 6.07) is 28.9. The van der Waals surface area contributed by atoms with E-state index >= 15 is 0 Å². The SMILES string of the molecule is Cc1ccc(-n2c(S[C@H](C#N)Cc3ccccc3)nnc2-c2ccccc2)cc1C. The normalized spacial score (nSPS) is 11.8. The monoisotopic (exact) mass is 410 g/mol. The molecule has 4 aromatic rings. The van der Waals surface area contributed by atoms with Gasteiger partial charge in [0.25, 0.3) is 0 Å². The molecule has 0 aliphatic heterocycles. The van der Waals surface area contributed by atoms with Gasteiger partial charge in [0.1, 0.15) is 5.25 Å². The van der Waals surface area contributed by atoms with Crippen LogP contribution in [0, 0.1) is 25.2 Å². The molecule has 0 aliphatic rings. The average molecular weight is 411 g/mol. The van der Waals surface area contributed by atoms with E-state index in [2.05, 4.69) is 52.9 Å². The Bertz CT molecular complexity index is 1180. The number of nitrogens with zero attached hydrogens (tertiary/aromatic N) is 4. The van der Waals surface area contributed by atoms with Gasteiger partial charge in [-0.2, -0.15) is 5.26 Å². The number of thioether (sulfide) groups is 1. The van der Waals surface area contributed by atoms with Crippen LogP contribution in [-0.2, 0) is 6.42 Å². The van der Waals surface area contributed by atoms with Crippen molar-refractivity contribution < 1.29 is 0 Å². The van der Waals surface area contributed by atoms with E-state index in [1.165, 1.54) is 22.9 Å². The van der Waals surface area contributed by atoms with Crippen LogP contribution in [-0.4, -0.2) is 20.0 Å². The van der Waals surface area contributed by atoms with Gasteiger partial charge in [-0.1, -0.05) is 78.5 Å². The summed E-state index contributed by atoms with van der Waals surface area (Å²) < 4.78 is 2.06. The molecule has 0 spiro atoms. The highest BCUT2D eigenvalue weighted by Crippen LogP contribution is 2.31. The maximum Gasteiger partial charge on any atom is 0.197 e. The lowest BCUT2D eigenvalue weighted by molar-refractivity contribution is 0.876. The lowest BCUT2D eigenvalue weighted by atomic mass is 10.1. The molecule has 148 valence electrons. The van der Waals surface area contributed by atoms with Crippen molar-refractivity contribution in [3.8, 4) is 23.1 Å². The van der Waals surface area contributed by atoms with Crippen molar-refractivity contribution in [3.05, 3.63) is 95.6 Å². The third kappa shape index (κ3) is 4.29. The van der Waals surface area contributed by atoms with Crippen molar-refractivity contribution in [2.75, 3.05) is 0 Å². The van der Waals surface area contributed by atoms with E-state index in [-0.39, 0.29) is 5.25 Å². The van der Waals surface area contributed by atoms with Crippen LogP contribution in [0.2, 0.25) is 0 Å². The van der Waals surface area contributed by atoms with Gasteiger partial charge in [-0.25, -0.2) is 0 Å². The van der Waals surface area contributed by atoms with Crippen LogP contribution in [0.3, 0.4) is 0 Å². The van der Waals surface area contributed by atoms with Gasteiger partial charge in [0.2, 0.25) is 0 Å². The minimum Gasteiger partial charge on any atom is -0.270 e. The third-order valence-corrected chi connectivity index (χ3v) is 6.10. The van der Waals surface area contributed by atoms with Gasteiger partial charge < -0.3 is 0 Å². The summed E-state index contributed by atoms with van der Waals surface area (Å²) in [6.07, 6.45) is 0.655. The Morgan fingerprint density at radius 2 is 1.60 bits per heavy atom. The van der Waals surface area contributed by atoms with Crippen LogP contribution in [0.1, 0.15) is 16.7 Å². The molecule has 1 atom stereocenters. The number of nitriles is 1. The van der Waals surface area contributed by atoms with E-state index < -0.39 is 0 Å². The van der Waals surface area contributed by atoms with Gasteiger partial charge in [-0.05, 0) is 49.1 Å². The predicted molar refractivity (Wildman–Crippen MR) is 122 cm³/mol.